The third-order valence-corrected chi connectivity index (χ3v) is 8.00. The first-order valence-corrected chi connectivity index (χ1v) is 14.9. The van der Waals surface area contributed by atoms with Crippen molar-refractivity contribution in [1.29, 1.82) is 0 Å². The number of benzene rings is 1. The maximum Gasteiger partial charge on any atom is 0.246 e. The SMILES string of the molecule is C=CC(=O)N1CCN(CC/C=C\c2ccc(Nc3ccc(N4CCN(C(=O)CC)CC4)cc3)nc2NC=O)C(CC)C1. The number of hydrogen-bond acceptors (Lipinski definition) is 7. The summed E-state index contributed by atoms with van der Waals surface area (Å²) >= 11 is 0. The van der Waals surface area contributed by atoms with Crippen LogP contribution in [-0.4, -0.2) is 96.3 Å². The number of anilines is 4. The molecule has 0 spiro atoms. The smallest absolute Gasteiger partial charge is 0.246 e. The number of hydrogen-bond donors (Lipinski definition) is 2. The van der Waals surface area contributed by atoms with Crippen LogP contribution in [0.3, 0.4) is 0 Å². The minimum atomic E-state index is 0.00160. The minimum absolute atomic E-state index is 0.00160. The van der Waals surface area contributed by atoms with Crippen LogP contribution in [-0.2, 0) is 14.4 Å². The molecule has 0 aliphatic carbocycles. The molecule has 3 amide bonds. The van der Waals surface area contributed by atoms with E-state index in [1.807, 2.05) is 47.1 Å². The number of nitrogens with one attached hydrogen (secondary N) is 2. The summed E-state index contributed by atoms with van der Waals surface area (Å²) in [4.78, 5) is 48.4. The molecule has 3 heterocycles. The van der Waals surface area contributed by atoms with Crippen LogP contribution in [0.1, 0.15) is 38.7 Å². The van der Waals surface area contributed by atoms with Crippen molar-refractivity contribution in [3.05, 3.63) is 60.7 Å². The van der Waals surface area contributed by atoms with Gasteiger partial charge < -0.3 is 25.3 Å². The van der Waals surface area contributed by atoms with E-state index in [1.54, 1.807) is 0 Å². The first-order chi connectivity index (χ1) is 20.4. The van der Waals surface area contributed by atoms with Crippen LogP contribution >= 0.6 is 0 Å². The average Bonchev–Trinajstić information content (AvgIpc) is 3.03. The lowest BCUT2D eigenvalue weighted by Gasteiger charge is -2.40. The highest BCUT2D eigenvalue weighted by Gasteiger charge is 2.26. The number of carbonyl (C=O) groups excluding carboxylic acids is 3. The Morgan fingerprint density at radius 3 is 2.40 bits per heavy atom. The van der Waals surface area contributed by atoms with Crippen molar-refractivity contribution in [1.82, 2.24) is 19.7 Å². The van der Waals surface area contributed by atoms with Crippen molar-refractivity contribution in [2.24, 2.45) is 0 Å². The minimum Gasteiger partial charge on any atom is -0.368 e. The molecule has 2 aromatic rings. The fourth-order valence-electron chi connectivity index (χ4n) is 5.54. The molecule has 10 heteroatoms. The molecule has 224 valence electrons. The summed E-state index contributed by atoms with van der Waals surface area (Å²) < 4.78 is 0. The maximum absolute atomic E-state index is 12.0. The Morgan fingerprint density at radius 1 is 1.00 bits per heavy atom. The lowest BCUT2D eigenvalue weighted by atomic mass is 10.1. The molecule has 10 nitrogen and oxygen atoms in total. The van der Waals surface area contributed by atoms with Gasteiger partial charge in [-0.25, -0.2) is 4.98 Å². The van der Waals surface area contributed by atoms with Crippen molar-refractivity contribution in [3.63, 3.8) is 0 Å². The second-order valence-electron chi connectivity index (χ2n) is 10.6. The molecule has 1 atom stereocenters. The van der Waals surface area contributed by atoms with Crippen molar-refractivity contribution < 1.29 is 14.4 Å². The Kier molecular flexibility index (Phi) is 11.1. The van der Waals surface area contributed by atoms with E-state index in [-0.39, 0.29) is 11.8 Å². The molecule has 2 N–H and O–H groups in total. The van der Waals surface area contributed by atoms with Crippen LogP contribution in [0.2, 0.25) is 0 Å². The first kappa shape index (κ1) is 30.8. The zero-order valence-corrected chi connectivity index (χ0v) is 24.8. The fraction of sp³-hybridized carbons (Fsp3) is 0.438. The second-order valence-corrected chi connectivity index (χ2v) is 10.6. The van der Waals surface area contributed by atoms with E-state index in [1.165, 1.54) is 6.08 Å². The van der Waals surface area contributed by atoms with Crippen LogP contribution < -0.4 is 15.5 Å². The molecule has 42 heavy (non-hydrogen) atoms. The van der Waals surface area contributed by atoms with Gasteiger partial charge in [0.05, 0.1) is 0 Å². The Morgan fingerprint density at radius 2 is 1.74 bits per heavy atom. The zero-order valence-electron chi connectivity index (χ0n) is 24.8. The second kappa shape index (κ2) is 15.2. The molecular weight excluding hydrogens is 530 g/mol. The van der Waals surface area contributed by atoms with Crippen molar-refractivity contribution in [2.75, 3.05) is 67.9 Å². The van der Waals surface area contributed by atoms with Crippen LogP contribution in [0.15, 0.2) is 55.1 Å². The largest absolute Gasteiger partial charge is 0.368 e. The number of aromatic nitrogens is 1. The maximum atomic E-state index is 12.0. The number of piperazine rings is 2. The lowest BCUT2D eigenvalue weighted by Crippen LogP contribution is -2.54. The Balaban J connectivity index is 1.31. The normalized spacial score (nSPS) is 17.8. The summed E-state index contributed by atoms with van der Waals surface area (Å²) in [7, 11) is 0. The van der Waals surface area contributed by atoms with E-state index in [2.05, 4.69) is 57.1 Å². The highest BCUT2D eigenvalue weighted by molar-refractivity contribution is 5.87. The quantitative estimate of drug-likeness (QED) is 0.293. The molecule has 2 saturated heterocycles. The number of nitrogens with zero attached hydrogens (tertiary/aromatic N) is 5. The van der Waals surface area contributed by atoms with Crippen molar-refractivity contribution in [2.45, 2.75) is 39.2 Å². The third-order valence-electron chi connectivity index (χ3n) is 8.00. The van der Waals surface area contributed by atoms with Gasteiger partial charge in [-0.3, -0.25) is 19.3 Å². The van der Waals surface area contributed by atoms with Gasteiger partial charge in [0.2, 0.25) is 18.2 Å². The van der Waals surface area contributed by atoms with Crippen LogP contribution in [0.4, 0.5) is 23.0 Å². The molecule has 0 radical (unpaired) electrons. The van der Waals surface area contributed by atoms with E-state index < -0.39 is 0 Å². The molecule has 1 unspecified atom stereocenters. The predicted octanol–water partition coefficient (Wildman–Crippen LogP) is 3.96. The Hall–Kier alpha value is -4.18. The van der Waals surface area contributed by atoms with Crippen LogP contribution in [0.25, 0.3) is 6.08 Å². The van der Waals surface area contributed by atoms with Gasteiger partial charge in [0.25, 0.3) is 0 Å². The van der Waals surface area contributed by atoms with Gasteiger partial charge in [0.1, 0.15) is 11.6 Å². The molecular formula is C32H43N7O3. The van der Waals surface area contributed by atoms with Gasteiger partial charge in [-0.15, -0.1) is 0 Å². The number of carbonyl (C=O) groups is 3. The number of pyridine rings is 1. The summed E-state index contributed by atoms with van der Waals surface area (Å²) in [6.45, 7) is 14.0. The molecule has 2 fully saturated rings. The molecule has 2 aliphatic rings. The monoisotopic (exact) mass is 573 g/mol. The summed E-state index contributed by atoms with van der Waals surface area (Å²) in [5, 5.41) is 6.05. The summed E-state index contributed by atoms with van der Waals surface area (Å²) in [5.41, 5.74) is 2.85. The van der Waals surface area contributed by atoms with Gasteiger partial charge in [-0.2, -0.15) is 0 Å². The van der Waals surface area contributed by atoms with E-state index in [9.17, 15) is 14.4 Å². The molecule has 2 aliphatic heterocycles. The van der Waals surface area contributed by atoms with Crippen LogP contribution in [0, 0.1) is 0 Å². The van der Waals surface area contributed by atoms with Crippen LogP contribution in [0.5, 0.6) is 0 Å². The zero-order chi connectivity index (χ0) is 29.9. The third kappa shape index (κ3) is 7.97. The molecule has 0 saturated carbocycles. The van der Waals surface area contributed by atoms with Gasteiger partial charge in [-0.05, 0) is 55.3 Å². The van der Waals surface area contributed by atoms with Gasteiger partial charge in [0.15, 0.2) is 0 Å². The standard InChI is InChI=1S/C32H43N7O3/c1-4-27-23-39(31(42)6-3)22-19-36(27)16-8-7-9-25-10-15-29(35-32(25)33-24-40)34-26-11-13-28(14-12-26)37-17-20-38(21-18-37)30(41)5-2/h6-7,9-15,24,27H,3-5,8,16-23H2,1-2H3,(H2,33,34,35,40)/b9-7-. The van der Waals surface area contributed by atoms with Crippen molar-refractivity contribution >= 4 is 47.3 Å². The Bertz CT molecular complexity index is 1260. The summed E-state index contributed by atoms with van der Waals surface area (Å²) in [5.74, 6) is 1.34. The van der Waals surface area contributed by atoms with E-state index >= 15 is 0 Å². The number of amides is 3. The van der Waals surface area contributed by atoms with Gasteiger partial charge in [-0.1, -0.05) is 32.6 Å². The molecule has 1 aromatic heterocycles. The topological polar surface area (TPSA) is 101 Å². The number of rotatable bonds is 12. The highest BCUT2D eigenvalue weighted by Crippen LogP contribution is 2.24. The van der Waals surface area contributed by atoms with E-state index in [0.29, 0.717) is 30.5 Å². The summed E-state index contributed by atoms with van der Waals surface area (Å²) in [6, 6.07) is 12.3. The highest BCUT2D eigenvalue weighted by atomic mass is 16.2. The van der Waals surface area contributed by atoms with Gasteiger partial charge in [0, 0.05) is 81.8 Å². The predicted molar refractivity (Wildman–Crippen MR) is 169 cm³/mol. The first-order valence-electron chi connectivity index (χ1n) is 14.9. The van der Waals surface area contributed by atoms with E-state index in [0.717, 1.165) is 82.1 Å². The summed E-state index contributed by atoms with van der Waals surface area (Å²) in [6.07, 6.45) is 8.51. The lowest BCUT2D eigenvalue weighted by molar-refractivity contribution is -0.131. The molecule has 4 rings (SSSR count). The average molecular weight is 574 g/mol. The van der Waals surface area contributed by atoms with Gasteiger partial charge >= 0.3 is 0 Å². The Labute approximate surface area is 249 Å². The molecule has 1 aromatic carbocycles. The fourth-order valence-corrected chi connectivity index (χ4v) is 5.54. The molecule has 0 bridgehead atoms. The van der Waals surface area contributed by atoms with E-state index in [4.69, 9.17) is 0 Å². The van der Waals surface area contributed by atoms with Crippen molar-refractivity contribution in [3.8, 4) is 0 Å².